The minimum absolute atomic E-state index is 0.0719. The van der Waals surface area contributed by atoms with E-state index in [2.05, 4.69) is 32.2 Å². The number of carbonyl (C=O) groups is 1. The number of para-hydroxylation sites is 1. The number of carbonyl (C=O) groups excluding carboxylic acids is 1. The Labute approximate surface area is 145 Å². The number of aromatic nitrogens is 4. The fourth-order valence-electron chi connectivity index (χ4n) is 2.94. The van der Waals surface area contributed by atoms with Gasteiger partial charge in [-0.2, -0.15) is 0 Å². The van der Waals surface area contributed by atoms with Gasteiger partial charge in [-0.25, -0.2) is 4.98 Å². The van der Waals surface area contributed by atoms with Crippen molar-refractivity contribution in [3.8, 4) is 5.82 Å². The first-order chi connectivity index (χ1) is 12.3. The van der Waals surface area contributed by atoms with Crippen molar-refractivity contribution in [1.82, 2.24) is 24.6 Å². The highest BCUT2D eigenvalue weighted by atomic mass is 16.2. The van der Waals surface area contributed by atoms with Crippen molar-refractivity contribution in [2.75, 3.05) is 31.1 Å². The van der Waals surface area contributed by atoms with E-state index < -0.39 is 0 Å². The van der Waals surface area contributed by atoms with Crippen LogP contribution in [0.15, 0.2) is 61.2 Å². The quantitative estimate of drug-likeness (QED) is 0.728. The van der Waals surface area contributed by atoms with Crippen molar-refractivity contribution >= 4 is 11.6 Å². The van der Waals surface area contributed by atoms with E-state index in [0.29, 0.717) is 24.6 Å². The van der Waals surface area contributed by atoms with Crippen LogP contribution in [0.1, 0.15) is 10.5 Å². The number of hydrogen-bond acceptors (Lipinski definition) is 5. The largest absolute Gasteiger partial charge is 0.368 e. The Morgan fingerprint density at radius 1 is 0.920 bits per heavy atom. The molecule has 4 rings (SSSR count). The van der Waals surface area contributed by atoms with Crippen molar-refractivity contribution in [2.45, 2.75) is 0 Å². The van der Waals surface area contributed by atoms with E-state index in [1.165, 1.54) is 5.69 Å². The molecule has 1 fully saturated rings. The van der Waals surface area contributed by atoms with Crippen molar-refractivity contribution < 1.29 is 4.79 Å². The van der Waals surface area contributed by atoms with Crippen LogP contribution in [0.3, 0.4) is 0 Å². The van der Waals surface area contributed by atoms with E-state index >= 15 is 0 Å². The Kier molecular flexibility index (Phi) is 4.12. The molecule has 7 heteroatoms. The predicted octanol–water partition coefficient (Wildman–Crippen LogP) is 1.62. The van der Waals surface area contributed by atoms with Crippen LogP contribution in [0.2, 0.25) is 0 Å². The number of piperazine rings is 1. The predicted molar refractivity (Wildman–Crippen MR) is 93.7 cm³/mol. The number of amides is 1. The highest BCUT2D eigenvalue weighted by Crippen LogP contribution is 2.16. The second kappa shape index (κ2) is 6.72. The summed E-state index contributed by atoms with van der Waals surface area (Å²) in [6.07, 6.45) is 5.11. The highest BCUT2D eigenvalue weighted by molar-refractivity contribution is 5.92. The van der Waals surface area contributed by atoms with E-state index in [4.69, 9.17) is 0 Å². The molecule has 0 radical (unpaired) electrons. The van der Waals surface area contributed by atoms with E-state index in [-0.39, 0.29) is 5.91 Å². The Hall–Kier alpha value is -3.22. The first-order valence-corrected chi connectivity index (χ1v) is 8.22. The molecule has 2 aromatic heterocycles. The summed E-state index contributed by atoms with van der Waals surface area (Å²) >= 11 is 0. The molecule has 0 bridgehead atoms. The molecule has 0 N–H and O–H groups in total. The zero-order valence-corrected chi connectivity index (χ0v) is 13.7. The lowest BCUT2D eigenvalue weighted by Gasteiger charge is -2.35. The molecule has 1 aliphatic rings. The van der Waals surface area contributed by atoms with E-state index in [1.807, 2.05) is 23.1 Å². The fourth-order valence-corrected chi connectivity index (χ4v) is 2.94. The van der Waals surface area contributed by atoms with Gasteiger partial charge in [0, 0.05) is 44.3 Å². The number of nitrogens with zero attached hydrogens (tertiary/aromatic N) is 6. The van der Waals surface area contributed by atoms with Crippen LogP contribution < -0.4 is 4.90 Å². The van der Waals surface area contributed by atoms with Gasteiger partial charge >= 0.3 is 0 Å². The normalized spacial score (nSPS) is 14.6. The van der Waals surface area contributed by atoms with Gasteiger partial charge in [-0.1, -0.05) is 18.2 Å². The van der Waals surface area contributed by atoms with Gasteiger partial charge in [-0.15, -0.1) is 10.2 Å². The number of anilines is 1. The highest BCUT2D eigenvalue weighted by Gasteiger charge is 2.23. The van der Waals surface area contributed by atoms with Gasteiger partial charge in [-0.05, 0) is 24.3 Å². The van der Waals surface area contributed by atoms with Crippen LogP contribution in [-0.2, 0) is 0 Å². The molecule has 1 aromatic carbocycles. The third-order valence-electron chi connectivity index (χ3n) is 4.33. The third kappa shape index (κ3) is 3.21. The summed E-state index contributed by atoms with van der Waals surface area (Å²) < 4.78 is 1.75. The maximum atomic E-state index is 12.6. The summed E-state index contributed by atoms with van der Waals surface area (Å²) in [4.78, 5) is 20.7. The number of benzene rings is 1. The van der Waals surface area contributed by atoms with Gasteiger partial charge in [0.05, 0.1) is 0 Å². The summed E-state index contributed by atoms with van der Waals surface area (Å²) in [5.41, 5.74) is 1.57. The molecule has 126 valence electrons. The molecule has 3 aromatic rings. The average molecular weight is 334 g/mol. The van der Waals surface area contributed by atoms with Gasteiger partial charge in [0.15, 0.2) is 11.5 Å². The molecular formula is C18H18N6O. The lowest BCUT2D eigenvalue weighted by molar-refractivity contribution is 0.0739. The second-order valence-corrected chi connectivity index (χ2v) is 5.86. The Morgan fingerprint density at radius 3 is 2.36 bits per heavy atom. The molecule has 1 amide bonds. The minimum Gasteiger partial charge on any atom is -0.368 e. The minimum atomic E-state index is -0.0719. The molecule has 25 heavy (non-hydrogen) atoms. The average Bonchev–Trinajstić information content (AvgIpc) is 3.23. The molecule has 0 saturated carbocycles. The van der Waals surface area contributed by atoms with E-state index in [9.17, 15) is 4.79 Å². The zero-order valence-electron chi connectivity index (χ0n) is 13.7. The van der Waals surface area contributed by atoms with Gasteiger partial charge in [0.25, 0.3) is 5.91 Å². The molecule has 0 unspecified atom stereocenters. The molecule has 3 heterocycles. The van der Waals surface area contributed by atoms with Crippen LogP contribution in [0.4, 0.5) is 5.69 Å². The van der Waals surface area contributed by atoms with Crippen LogP contribution in [-0.4, -0.2) is 56.7 Å². The summed E-state index contributed by atoms with van der Waals surface area (Å²) in [6, 6.07) is 13.8. The molecular weight excluding hydrogens is 316 g/mol. The van der Waals surface area contributed by atoms with Crippen LogP contribution in [0.25, 0.3) is 5.82 Å². The van der Waals surface area contributed by atoms with Crippen molar-refractivity contribution in [3.05, 3.63) is 66.9 Å². The topological polar surface area (TPSA) is 67.2 Å². The van der Waals surface area contributed by atoms with E-state index in [0.717, 1.165) is 13.1 Å². The molecule has 0 spiro atoms. The standard InChI is InChI=1S/C18H18N6O/c25-18(16-6-7-17(21-20-16)24-9-8-19-14-24)23-12-10-22(11-13-23)15-4-2-1-3-5-15/h1-9,14H,10-13H2. The van der Waals surface area contributed by atoms with Gasteiger partial charge in [0.1, 0.15) is 6.33 Å². The lowest BCUT2D eigenvalue weighted by Crippen LogP contribution is -2.49. The first kappa shape index (κ1) is 15.3. The lowest BCUT2D eigenvalue weighted by atomic mass is 10.2. The van der Waals surface area contributed by atoms with Crippen molar-refractivity contribution in [1.29, 1.82) is 0 Å². The summed E-state index contributed by atoms with van der Waals surface area (Å²) in [7, 11) is 0. The molecule has 7 nitrogen and oxygen atoms in total. The Balaban J connectivity index is 1.40. The first-order valence-electron chi connectivity index (χ1n) is 8.22. The number of rotatable bonds is 3. The molecule has 0 atom stereocenters. The third-order valence-corrected chi connectivity index (χ3v) is 4.33. The molecule has 1 aliphatic heterocycles. The van der Waals surface area contributed by atoms with Crippen LogP contribution >= 0.6 is 0 Å². The SMILES string of the molecule is O=C(c1ccc(-n2ccnc2)nn1)N1CCN(c2ccccc2)CC1. The maximum Gasteiger partial charge on any atom is 0.274 e. The van der Waals surface area contributed by atoms with Crippen LogP contribution in [0.5, 0.6) is 0 Å². The maximum absolute atomic E-state index is 12.6. The van der Waals surface area contributed by atoms with Gasteiger partial charge in [-0.3, -0.25) is 9.36 Å². The number of imidazole rings is 1. The number of hydrogen-bond donors (Lipinski definition) is 0. The fraction of sp³-hybridized carbons (Fsp3) is 0.222. The smallest absolute Gasteiger partial charge is 0.274 e. The molecule has 1 saturated heterocycles. The van der Waals surface area contributed by atoms with Crippen LogP contribution in [0, 0.1) is 0 Å². The Morgan fingerprint density at radius 2 is 1.72 bits per heavy atom. The van der Waals surface area contributed by atoms with Crippen molar-refractivity contribution in [3.63, 3.8) is 0 Å². The van der Waals surface area contributed by atoms with Gasteiger partial charge < -0.3 is 9.80 Å². The van der Waals surface area contributed by atoms with E-state index in [1.54, 1.807) is 35.4 Å². The molecule has 0 aliphatic carbocycles. The second-order valence-electron chi connectivity index (χ2n) is 5.86. The summed E-state index contributed by atoms with van der Waals surface area (Å²) in [5.74, 6) is 0.570. The zero-order chi connectivity index (χ0) is 17.1. The van der Waals surface area contributed by atoms with Gasteiger partial charge in [0.2, 0.25) is 0 Å². The monoisotopic (exact) mass is 334 g/mol. The Bertz CT molecular complexity index is 824. The summed E-state index contributed by atoms with van der Waals surface area (Å²) in [5, 5.41) is 8.20. The van der Waals surface area contributed by atoms with Crippen molar-refractivity contribution in [2.24, 2.45) is 0 Å². The summed E-state index contributed by atoms with van der Waals surface area (Å²) in [6.45, 7) is 2.99.